The van der Waals surface area contributed by atoms with Gasteiger partial charge in [-0.05, 0) is 17.7 Å². The highest BCUT2D eigenvalue weighted by Crippen LogP contribution is 2.26. The van der Waals surface area contributed by atoms with Gasteiger partial charge < -0.3 is 14.0 Å². The molecule has 1 fully saturated rings. The van der Waals surface area contributed by atoms with Crippen LogP contribution in [0.1, 0.15) is 43.1 Å². The van der Waals surface area contributed by atoms with E-state index in [1.54, 1.807) is 7.11 Å². The zero-order chi connectivity index (χ0) is 16.2. The third-order valence-electron chi connectivity index (χ3n) is 4.01. The number of aromatic nitrogens is 2. The zero-order valence-corrected chi connectivity index (χ0v) is 13.9. The summed E-state index contributed by atoms with van der Waals surface area (Å²) in [5.74, 6) is 2.48. The standard InChI is InChI=1S/C17H23N3O3/c1-12(2)17-18-16(19-23-17)15-11-22-8-7-20(15)10-13-5-4-6-14(9-13)21-3/h4-6,9,12,15H,7-8,10-11H2,1-3H3. The molecular weight excluding hydrogens is 294 g/mol. The van der Waals surface area contributed by atoms with E-state index in [0.717, 1.165) is 25.4 Å². The van der Waals surface area contributed by atoms with Crippen molar-refractivity contribution in [2.24, 2.45) is 0 Å². The van der Waals surface area contributed by atoms with Crippen molar-refractivity contribution < 1.29 is 14.0 Å². The fourth-order valence-corrected chi connectivity index (χ4v) is 2.69. The van der Waals surface area contributed by atoms with Crippen LogP contribution in [0, 0.1) is 0 Å². The Labute approximate surface area is 136 Å². The Morgan fingerprint density at radius 1 is 1.39 bits per heavy atom. The molecule has 1 atom stereocenters. The SMILES string of the molecule is COc1cccc(CN2CCOCC2c2noc(C(C)C)n2)c1. The van der Waals surface area contributed by atoms with Gasteiger partial charge >= 0.3 is 0 Å². The molecule has 6 nitrogen and oxygen atoms in total. The van der Waals surface area contributed by atoms with E-state index in [0.29, 0.717) is 18.3 Å². The normalized spacial score (nSPS) is 19.2. The number of ether oxygens (including phenoxy) is 2. The first-order valence-electron chi connectivity index (χ1n) is 7.95. The molecule has 0 N–H and O–H groups in total. The van der Waals surface area contributed by atoms with Crippen LogP contribution < -0.4 is 4.74 Å². The minimum atomic E-state index is 0.0196. The molecule has 1 aromatic heterocycles. The molecule has 1 unspecified atom stereocenters. The summed E-state index contributed by atoms with van der Waals surface area (Å²) >= 11 is 0. The fourth-order valence-electron chi connectivity index (χ4n) is 2.69. The van der Waals surface area contributed by atoms with E-state index in [1.807, 2.05) is 26.0 Å². The number of hydrogen-bond acceptors (Lipinski definition) is 6. The molecule has 124 valence electrons. The van der Waals surface area contributed by atoms with Gasteiger partial charge in [0, 0.05) is 19.0 Å². The maximum Gasteiger partial charge on any atom is 0.229 e. The molecule has 2 heterocycles. The molecule has 23 heavy (non-hydrogen) atoms. The Morgan fingerprint density at radius 2 is 2.26 bits per heavy atom. The summed E-state index contributed by atoms with van der Waals surface area (Å²) < 4.78 is 16.3. The third-order valence-corrected chi connectivity index (χ3v) is 4.01. The van der Waals surface area contributed by atoms with E-state index < -0.39 is 0 Å². The first-order chi connectivity index (χ1) is 11.2. The number of rotatable bonds is 5. The zero-order valence-electron chi connectivity index (χ0n) is 13.9. The highest BCUT2D eigenvalue weighted by atomic mass is 16.5. The largest absolute Gasteiger partial charge is 0.497 e. The van der Waals surface area contributed by atoms with Gasteiger partial charge in [-0.1, -0.05) is 31.1 Å². The summed E-state index contributed by atoms with van der Waals surface area (Å²) in [6, 6.07) is 8.14. The van der Waals surface area contributed by atoms with Crippen molar-refractivity contribution in [1.82, 2.24) is 15.0 Å². The molecule has 0 saturated carbocycles. The van der Waals surface area contributed by atoms with E-state index in [-0.39, 0.29) is 12.0 Å². The van der Waals surface area contributed by atoms with Gasteiger partial charge in [-0.3, -0.25) is 4.90 Å². The molecule has 1 saturated heterocycles. The van der Waals surface area contributed by atoms with E-state index in [2.05, 4.69) is 27.2 Å². The summed E-state index contributed by atoms with van der Waals surface area (Å²) in [6.07, 6.45) is 0. The summed E-state index contributed by atoms with van der Waals surface area (Å²) in [5, 5.41) is 4.15. The van der Waals surface area contributed by atoms with Gasteiger partial charge in [0.15, 0.2) is 5.82 Å². The second kappa shape index (κ2) is 7.10. The fraction of sp³-hybridized carbons (Fsp3) is 0.529. The number of methoxy groups -OCH3 is 1. The first-order valence-corrected chi connectivity index (χ1v) is 7.95. The lowest BCUT2D eigenvalue weighted by Gasteiger charge is -2.33. The molecule has 6 heteroatoms. The van der Waals surface area contributed by atoms with Crippen molar-refractivity contribution >= 4 is 0 Å². The van der Waals surface area contributed by atoms with Gasteiger partial charge in [0.05, 0.1) is 26.4 Å². The van der Waals surface area contributed by atoms with Crippen LogP contribution in [0.4, 0.5) is 0 Å². The monoisotopic (exact) mass is 317 g/mol. The number of hydrogen-bond donors (Lipinski definition) is 0. The first kappa shape index (κ1) is 16.0. The molecule has 1 aliphatic rings. The van der Waals surface area contributed by atoms with Crippen LogP contribution in [0.5, 0.6) is 5.75 Å². The highest BCUT2D eigenvalue weighted by Gasteiger charge is 2.29. The molecule has 2 aromatic rings. The maximum absolute atomic E-state index is 5.63. The van der Waals surface area contributed by atoms with Crippen molar-refractivity contribution in [2.75, 3.05) is 26.9 Å². The molecule has 0 amide bonds. The molecular formula is C17H23N3O3. The Kier molecular flexibility index (Phi) is 4.93. The molecule has 0 bridgehead atoms. The number of nitrogens with zero attached hydrogens (tertiary/aromatic N) is 3. The van der Waals surface area contributed by atoms with Gasteiger partial charge in [-0.25, -0.2) is 0 Å². The van der Waals surface area contributed by atoms with Crippen LogP contribution in [-0.4, -0.2) is 41.9 Å². The lowest BCUT2D eigenvalue weighted by molar-refractivity contribution is -0.0166. The summed E-state index contributed by atoms with van der Waals surface area (Å²) in [5.41, 5.74) is 1.20. The van der Waals surface area contributed by atoms with E-state index in [9.17, 15) is 0 Å². The van der Waals surface area contributed by atoms with Gasteiger partial charge in [0.25, 0.3) is 0 Å². The minimum absolute atomic E-state index is 0.0196. The Hall–Kier alpha value is -1.92. The molecule has 1 aromatic carbocycles. The number of benzene rings is 1. The van der Waals surface area contributed by atoms with Crippen LogP contribution >= 0.6 is 0 Å². The van der Waals surface area contributed by atoms with Crippen molar-refractivity contribution in [2.45, 2.75) is 32.4 Å². The van der Waals surface area contributed by atoms with Crippen LogP contribution in [-0.2, 0) is 11.3 Å². The Morgan fingerprint density at radius 3 is 3.00 bits per heavy atom. The maximum atomic E-state index is 5.63. The van der Waals surface area contributed by atoms with Gasteiger partial charge in [-0.2, -0.15) is 4.98 Å². The van der Waals surface area contributed by atoms with E-state index in [4.69, 9.17) is 14.0 Å². The van der Waals surface area contributed by atoms with Gasteiger partial charge in [0.1, 0.15) is 5.75 Å². The Balaban J connectivity index is 1.77. The molecule has 0 spiro atoms. The topological polar surface area (TPSA) is 60.6 Å². The molecule has 0 radical (unpaired) electrons. The van der Waals surface area contributed by atoms with Crippen LogP contribution in [0.25, 0.3) is 0 Å². The molecule has 0 aliphatic carbocycles. The van der Waals surface area contributed by atoms with Gasteiger partial charge in [-0.15, -0.1) is 0 Å². The summed E-state index contributed by atoms with van der Waals surface area (Å²) in [4.78, 5) is 6.86. The highest BCUT2D eigenvalue weighted by molar-refractivity contribution is 5.28. The average Bonchev–Trinajstić information content (AvgIpc) is 3.06. The molecule has 3 rings (SSSR count). The molecule has 1 aliphatic heterocycles. The van der Waals surface area contributed by atoms with Crippen molar-refractivity contribution in [3.63, 3.8) is 0 Å². The number of morpholine rings is 1. The van der Waals surface area contributed by atoms with Crippen LogP contribution in [0.15, 0.2) is 28.8 Å². The lowest BCUT2D eigenvalue weighted by atomic mass is 10.1. The van der Waals surface area contributed by atoms with Crippen LogP contribution in [0.2, 0.25) is 0 Å². The average molecular weight is 317 g/mol. The predicted octanol–water partition coefficient (Wildman–Crippen LogP) is 2.78. The van der Waals surface area contributed by atoms with Crippen molar-refractivity contribution in [3.05, 3.63) is 41.5 Å². The quantitative estimate of drug-likeness (QED) is 0.845. The smallest absolute Gasteiger partial charge is 0.229 e. The second-order valence-corrected chi connectivity index (χ2v) is 6.06. The Bertz CT molecular complexity index is 642. The van der Waals surface area contributed by atoms with Crippen molar-refractivity contribution in [3.8, 4) is 5.75 Å². The lowest BCUT2D eigenvalue weighted by Crippen LogP contribution is -2.39. The van der Waals surface area contributed by atoms with Crippen molar-refractivity contribution in [1.29, 1.82) is 0 Å². The summed E-state index contributed by atoms with van der Waals surface area (Å²) in [6.45, 7) is 7.03. The summed E-state index contributed by atoms with van der Waals surface area (Å²) in [7, 11) is 1.68. The second-order valence-electron chi connectivity index (χ2n) is 6.06. The van der Waals surface area contributed by atoms with E-state index >= 15 is 0 Å². The minimum Gasteiger partial charge on any atom is -0.497 e. The van der Waals surface area contributed by atoms with E-state index in [1.165, 1.54) is 5.56 Å². The predicted molar refractivity (Wildman–Crippen MR) is 85.4 cm³/mol. The third kappa shape index (κ3) is 3.71. The van der Waals surface area contributed by atoms with Gasteiger partial charge in [0.2, 0.25) is 5.89 Å². The van der Waals surface area contributed by atoms with Crippen LogP contribution in [0.3, 0.4) is 0 Å².